The third-order valence-corrected chi connectivity index (χ3v) is 3.75. The van der Waals surface area contributed by atoms with Crippen LogP contribution in [0.15, 0.2) is 39.1 Å². The normalized spacial score (nSPS) is 10.5. The number of carbonyl (C=O) groups is 1. The number of aryl methyl sites for hydroxylation is 1. The van der Waals surface area contributed by atoms with Gasteiger partial charge in [0.1, 0.15) is 6.33 Å². The molecule has 0 fully saturated rings. The highest BCUT2D eigenvalue weighted by molar-refractivity contribution is 9.10. The molecule has 17 heavy (non-hydrogen) atoms. The lowest BCUT2D eigenvalue weighted by molar-refractivity contribution is 0.0696. The van der Waals surface area contributed by atoms with Gasteiger partial charge in [-0.25, -0.2) is 4.79 Å². The van der Waals surface area contributed by atoms with Crippen molar-refractivity contribution in [2.24, 2.45) is 7.05 Å². The van der Waals surface area contributed by atoms with Gasteiger partial charge in [-0.15, -0.1) is 10.2 Å². The molecule has 7 heteroatoms. The lowest BCUT2D eigenvalue weighted by Gasteiger charge is -2.03. The summed E-state index contributed by atoms with van der Waals surface area (Å²) >= 11 is 4.66. The van der Waals surface area contributed by atoms with E-state index in [1.165, 1.54) is 11.8 Å². The molecule has 0 saturated carbocycles. The first kappa shape index (κ1) is 12.1. The van der Waals surface area contributed by atoms with Gasteiger partial charge >= 0.3 is 5.97 Å². The fraction of sp³-hybridized carbons (Fsp3) is 0.100. The van der Waals surface area contributed by atoms with Crippen molar-refractivity contribution in [1.29, 1.82) is 0 Å². The molecule has 1 heterocycles. The lowest BCUT2D eigenvalue weighted by atomic mass is 10.2. The number of benzene rings is 1. The molecular formula is C10H8BrN3O2S. The van der Waals surface area contributed by atoms with Gasteiger partial charge in [-0.1, -0.05) is 0 Å². The summed E-state index contributed by atoms with van der Waals surface area (Å²) in [6, 6.07) is 5.06. The van der Waals surface area contributed by atoms with E-state index in [1.54, 1.807) is 29.1 Å². The SMILES string of the molecule is Cn1cnnc1Sc1ccc(C(=O)O)c(Br)c1. The van der Waals surface area contributed by atoms with E-state index >= 15 is 0 Å². The third-order valence-electron chi connectivity index (χ3n) is 2.05. The largest absolute Gasteiger partial charge is 0.478 e. The maximum atomic E-state index is 10.8. The molecule has 0 aliphatic rings. The summed E-state index contributed by atoms with van der Waals surface area (Å²) in [5, 5.41) is 17.4. The van der Waals surface area contributed by atoms with E-state index in [4.69, 9.17) is 5.11 Å². The summed E-state index contributed by atoms with van der Waals surface area (Å²) in [5.74, 6) is -0.952. The Morgan fingerprint density at radius 2 is 2.29 bits per heavy atom. The molecule has 0 radical (unpaired) electrons. The Balaban J connectivity index is 2.27. The molecule has 0 spiro atoms. The van der Waals surface area contributed by atoms with Crippen LogP contribution in [0.2, 0.25) is 0 Å². The van der Waals surface area contributed by atoms with E-state index < -0.39 is 5.97 Å². The standard InChI is InChI=1S/C10H8BrN3O2S/c1-14-5-12-13-10(14)17-6-2-3-7(9(15)16)8(11)4-6/h2-5H,1H3,(H,15,16). The number of nitrogens with zero attached hydrogens (tertiary/aromatic N) is 3. The molecule has 0 aliphatic carbocycles. The molecule has 1 aromatic carbocycles. The van der Waals surface area contributed by atoms with E-state index in [0.29, 0.717) is 4.47 Å². The second kappa shape index (κ2) is 4.89. The van der Waals surface area contributed by atoms with E-state index in [-0.39, 0.29) is 5.56 Å². The fourth-order valence-electron chi connectivity index (χ4n) is 1.20. The molecule has 1 N–H and O–H groups in total. The molecule has 0 unspecified atom stereocenters. The Labute approximate surface area is 110 Å². The molecular weight excluding hydrogens is 306 g/mol. The highest BCUT2D eigenvalue weighted by atomic mass is 79.9. The van der Waals surface area contributed by atoms with Crippen molar-refractivity contribution in [2.75, 3.05) is 0 Å². The molecule has 2 rings (SSSR count). The summed E-state index contributed by atoms with van der Waals surface area (Å²) in [4.78, 5) is 11.7. The van der Waals surface area contributed by atoms with Gasteiger partial charge in [-0.05, 0) is 45.9 Å². The van der Waals surface area contributed by atoms with Crippen molar-refractivity contribution in [2.45, 2.75) is 10.1 Å². The van der Waals surface area contributed by atoms with Crippen molar-refractivity contribution >= 4 is 33.7 Å². The van der Waals surface area contributed by atoms with Gasteiger partial charge < -0.3 is 9.67 Å². The van der Waals surface area contributed by atoms with Crippen LogP contribution in [0.25, 0.3) is 0 Å². The van der Waals surface area contributed by atoms with Gasteiger partial charge in [0, 0.05) is 16.4 Å². The molecule has 0 amide bonds. The Hall–Kier alpha value is -1.34. The zero-order chi connectivity index (χ0) is 12.4. The number of hydrogen-bond donors (Lipinski definition) is 1. The maximum absolute atomic E-state index is 10.8. The zero-order valence-corrected chi connectivity index (χ0v) is 11.2. The highest BCUT2D eigenvalue weighted by Crippen LogP contribution is 2.29. The number of carboxylic acids is 1. The molecule has 0 bridgehead atoms. The molecule has 5 nitrogen and oxygen atoms in total. The van der Waals surface area contributed by atoms with Crippen molar-refractivity contribution in [1.82, 2.24) is 14.8 Å². The topological polar surface area (TPSA) is 68.0 Å². The second-order valence-electron chi connectivity index (χ2n) is 3.27. The van der Waals surface area contributed by atoms with Crippen molar-refractivity contribution in [3.8, 4) is 0 Å². The van der Waals surface area contributed by atoms with Crippen LogP contribution in [0.1, 0.15) is 10.4 Å². The average Bonchev–Trinajstić information content (AvgIpc) is 2.64. The van der Waals surface area contributed by atoms with Gasteiger partial charge in [0.25, 0.3) is 0 Å². The van der Waals surface area contributed by atoms with E-state index in [0.717, 1.165) is 10.1 Å². The van der Waals surface area contributed by atoms with Crippen LogP contribution in [0.4, 0.5) is 0 Å². The summed E-state index contributed by atoms with van der Waals surface area (Å²) < 4.78 is 2.35. The first-order valence-corrected chi connectivity index (χ1v) is 6.23. The Bertz CT molecular complexity index is 570. The smallest absolute Gasteiger partial charge is 0.336 e. The summed E-state index contributed by atoms with van der Waals surface area (Å²) in [5.41, 5.74) is 0.243. The third kappa shape index (κ3) is 2.67. The molecule has 88 valence electrons. The minimum atomic E-state index is -0.952. The number of carboxylic acid groups (broad SMARTS) is 1. The van der Waals surface area contributed by atoms with Crippen LogP contribution in [0.3, 0.4) is 0 Å². The summed E-state index contributed by atoms with van der Waals surface area (Å²) in [7, 11) is 1.85. The van der Waals surface area contributed by atoms with Crippen molar-refractivity contribution in [3.63, 3.8) is 0 Å². The maximum Gasteiger partial charge on any atom is 0.336 e. The Morgan fingerprint density at radius 3 is 2.82 bits per heavy atom. The molecule has 1 aromatic heterocycles. The number of halogens is 1. The van der Waals surface area contributed by atoms with Gasteiger partial charge in [0.05, 0.1) is 5.56 Å². The zero-order valence-electron chi connectivity index (χ0n) is 8.79. The van der Waals surface area contributed by atoms with Crippen LogP contribution < -0.4 is 0 Å². The number of aromatic carboxylic acids is 1. The fourth-order valence-corrected chi connectivity index (χ4v) is 2.71. The number of rotatable bonds is 3. The summed E-state index contributed by atoms with van der Waals surface area (Å²) in [6.07, 6.45) is 1.61. The minimum Gasteiger partial charge on any atom is -0.478 e. The predicted molar refractivity (Wildman–Crippen MR) is 66.2 cm³/mol. The molecule has 0 atom stereocenters. The van der Waals surface area contributed by atoms with Crippen LogP contribution in [-0.4, -0.2) is 25.8 Å². The monoisotopic (exact) mass is 313 g/mol. The lowest BCUT2D eigenvalue weighted by Crippen LogP contribution is -1.97. The van der Waals surface area contributed by atoms with Gasteiger partial charge in [0.2, 0.25) is 0 Å². The van der Waals surface area contributed by atoms with Crippen molar-refractivity contribution in [3.05, 3.63) is 34.6 Å². The molecule has 0 aliphatic heterocycles. The molecule has 2 aromatic rings. The number of hydrogen-bond acceptors (Lipinski definition) is 4. The Kier molecular flexibility index (Phi) is 3.49. The average molecular weight is 314 g/mol. The minimum absolute atomic E-state index is 0.243. The predicted octanol–water partition coefficient (Wildman–Crippen LogP) is 2.43. The second-order valence-corrected chi connectivity index (χ2v) is 5.17. The van der Waals surface area contributed by atoms with E-state index in [1.807, 2.05) is 7.05 Å². The highest BCUT2D eigenvalue weighted by Gasteiger charge is 2.10. The van der Waals surface area contributed by atoms with Crippen LogP contribution in [0.5, 0.6) is 0 Å². The first-order valence-electron chi connectivity index (χ1n) is 4.62. The summed E-state index contributed by atoms with van der Waals surface area (Å²) in [6.45, 7) is 0. The van der Waals surface area contributed by atoms with Gasteiger partial charge in [-0.3, -0.25) is 0 Å². The van der Waals surface area contributed by atoms with Crippen molar-refractivity contribution < 1.29 is 9.90 Å². The van der Waals surface area contributed by atoms with Gasteiger partial charge in [0.15, 0.2) is 5.16 Å². The first-order chi connectivity index (χ1) is 8.08. The quantitative estimate of drug-likeness (QED) is 0.942. The molecule has 0 saturated heterocycles. The van der Waals surface area contributed by atoms with Crippen LogP contribution in [-0.2, 0) is 7.05 Å². The Morgan fingerprint density at radius 1 is 1.53 bits per heavy atom. The number of aromatic nitrogens is 3. The van der Waals surface area contributed by atoms with Crippen LogP contribution in [0, 0.1) is 0 Å². The van der Waals surface area contributed by atoms with Crippen LogP contribution >= 0.6 is 27.7 Å². The van der Waals surface area contributed by atoms with Gasteiger partial charge in [-0.2, -0.15) is 0 Å². The van der Waals surface area contributed by atoms with E-state index in [2.05, 4.69) is 26.1 Å². The van der Waals surface area contributed by atoms with E-state index in [9.17, 15) is 4.79 Å².